The molecule has 31 heavy (non-hydrogen) atoms. The number of phenolic OH excluding ortho intramolecular Hbond substituents is 1. The molecule has 0 radical (unpaired) electrons. The SMILES string of the molecule is Cc1ccc(C(=O)NC[C@]2(C)CCC[C@]3(C)c4cc(O)c(C(C)C)cc4CC[C@@H]23)cc1. The first-order valence-corrected chi connectivity index (χ1v) is 11.9. The Hall–Kier alpha value is -2.29. The van der Waals surface area contributed by atoms with Crippen LogP contribution in [0, 0.1) is 18.3 Å². The number of rotatable bonds is 4. The van der Waals surface area contributed by atoms with Crippen molar-refractivity contribution in [3.63, 3.8) is 0 Å². The molecule has 0 heterocycles. The van der Waals surface area contributed by atoms with E-state index in [1.54, 1.807) is 0 Å². The Balaban J connectivity index is 1.59. The monoisotopic (exact) mass is 419 g/mol. The van der Waals surface area contributed by atoms with Crippen molar-refractivity contribution in [1.82, 2.24) is 5.32 Å². The molecule has 2 aromatic carbocycles. The maximum absolute atomic E-state index is 12.8. The Morgan fingerprint density at radius 2 is 1.87 bits per heavy atom. The zero-order valence-electron chi connectivity index (χ0n) is 19.7. The summed E-state index contributed by atoms with van der Waals surface area (Å²) in [6, 6.07) is 12.1. The van der Waals surface area contributed by atoms with Gasteiger partial charge in [0.25, 0.3) is 5.91 Å². The fourth-order valence-electron chi connectivity index (χ4n) is 6.42. The Labute approximate surface area is 187 Å². The van der Waals surface area contributed by atoms with E-state index >= 15 is 0 Å². The molecular formula is C28H37NO2. The van der Waals surface area contributed by atoms with Crippen LogP contribution in [-0.2, 0) is 11.8 Å². The first kappa shape index (κ1) is 21.9. The largest absolute Gasteiger partial charge is 0.508 e. The third-order valence-corrected chi connectivity index (χ3v) is 8.21. The molecule has 0 aromatic heterocycles. The van der Waals surface area contributed by atoms with Crippen molar-refractivity contribution in [2.24, 2.45) is 11.3 Å². The standard InChI is InChI=1S/C28H37NO2/c1-18(2)22-15-21-11-12-25-27(4,13-6-14-28(25,5)23(21)16-24(22)30)17-29-26(31)20-9-7-19(3)8-10-20/h7-10,15-16,18,25,30H,6,11-14,17H2,1-5H3,(H,29,31)/t25-,27-,28+/m0/s1. The molecule has 2 aliphatic rings. The van der Waals surface area contributed by atoms with E-state index in [4.69, 9.17) is 0 Å². The molecular weight excluding hydrogens is 382 g/mol. The van der Waals surface area contributed by atoms with E-state index < -0.39 is 0 Å². The molecule has 3 heteroatoms. The third kappa shape index (κ3) is 3.88. The lowest BCUT2D eigenvalue weighted by Gasteiger charge is -2.55. The smallest absolute Gasteiger partial charge is 0.251 e. The van der Waals surface area contributed by atoms with E-state index in [2.05, 4.69) is 45.1 Å². The van der Waals surface area contributed by atoms with Crippen LogP contribution in [0.1, 0.15) is 91.9 Å². The average Bonchev–Trinajstić information content (AvgIpc) is 2.72. The highest BCUT2D eigenvalue weighted by Crippen LogP contribution is 2.57. The first-order valence-electron chi connectivity index (χ1n) is 11.9. The summed E-state index contributed by atoms with van der Waals surface area (Å²) in [6.07, 6.45) is 5.62. The van der Waals surface area contributed by atoms with Crippen LogP contribution in [0.5, 0.6) is 5.75 Å². The van der Waals surface area contributed by atoms with Crippen LogP contribution in [0.3, 0.4) is 0 Å². The molecule has 1 amide bonds. The van der Waals surface area contributed by atoms with Gasteiger partial charge in [-0.25, -0.2) is 0 Å². The second-order valence-corrected chi connectivity index (χ2v) is 10.8. The molecule has 0 bridgehead atoms. The highest BCUT2D eigenvalue weighted by Gasteiger charge is 2.51. The van der Waals surface area contributed by atoms with Gasteiger partial charge in [0.05, 0.1) is 0 Å². The van der Waals surface area contributed by atoms with Crippen LogP contribution < -0.4 is 5.32 Å². The summed E-state index contributed by atoms with van der Waals surface area (Å²) in [7, 11) is 0. The molecule has 166 valence electrons. The van der Waals surface area contributed by atoms with Crippen LogP contribution in [0.15, 0.2) is 36.4 Å². The van der Waals surface area contributed by atoms with Gasteiger partial charge < -0.3 is 10.4 Å². The molecule has 2 aliphatic carbocycles. The number of aryl methyl sites for hydroxylation is 2. The Morgan fingerprint density at radius 3 is 2.55 bits per heavy atom. The minimum atomic E-state index is 0.0175. The lowest BCUT2D eigenvalue weighted by atomic mass is 9.49. The van der Waals surface area contributed by atoms with Crippen molar-refractivity contribution in [1.29, 1.82) is 0 Å². The summed E-state index contributed by atoms with van der Waals surface area (Å²) in [6.45, 7) is 11.8. The van der Waals surface area contributed by atoms with E-state index in [9.17, 15) is 9.90 Å². The fraction of sp³-hybridized carbons (Fsp3) is 0.536. The van der Waals surface area contributed by atoms with Crippen molar-refractivity contribution in [3.8, 4) is 5.75 Å². The summed E-state index contributed by atoms with van der Waals surface area (Å²) in [5, 5.41) is 14.0. The molecule has 1 saturated carbocycles. The van der Waals surface area contributed by atoms with Gasteiger partial charge >= 0.3 is 0 Å². The van der Waals surface area contributed by atoms with Crippen LogP contribution in [0.25, 0.3) is 0 Å². The van der Waals surface area contributed by atoms with E-state index in [-0.39, 0.29) is 16.7 Å². The van der Waals surface area contributed by atoms with Crippen molar-refractivity contribution in [3.05, 3.63) is 64.2 Å². The molecule has 2 aromatic rings. The van der Waals surface area contributed by atoms with Gasteiger partial charge in [-0.1, -0.05) is 57.9 Å². The number of hydrogen-bond donors (Lipinski definition) is 2. The molecule has 0 unspecified atom stereocenters. The minimum Gasteiger partial charge on any atom is -0.508 e. The highest BCUT2D eigenvalue weighted by molar-refractivity contribution is 5.94. The Morgan fingerprint density at radius 1 is 1.16 bits per heavy atom. The highest BCUT2D eigenvalue weighted by atomic mass is 16.3. The van der Waals surface area contributed by atoms with Crippen LogP contribution in [0.2, 0.25) is 0 Å². The quantitative estimate of drug-likeness (QED) is 0.614. The van der Waals surface area contributed by atoms with Crippen molar-refractivity contribution < 1.29 is 9.90 Å². The molecule has 1 fully saturated rings. The molecule has 2 N–H and O–H groups in total. The van der Waals surface area contributed by atoms with Gasteiger partial charge in [0.15, 0.2) is 0 Å². The van der Waals surface area contributed by atoms with Gasteiger partial charge in [-0.05, 0) is 90.2 Å². The first-order chi connectivity index (χ1) is 14.6. The molecule has 0 aliphatic heterocycles. The number of aromatic hydroxyl groups is 1. The lowest BCUT2D eigenvalue weighted by molar-refractivity contribution is 0.0253. The van der Waals surface area contributed by atoms with Crippen molar-refractivity contribution in [2.45, 2.75) is 78.1 Å². The summed E-state index contributed by atoms with van der Waals surface area (Å²) in [5.74, 6) is 1.27. The van der Waals surface area contributed by atoms with Crippen molar-refractivity contribution >= 4 is 5.91 Å². The van der Waals surface area contributed by atoms with Gasteiger partial charge in [-0.3, -0.25) is 4.79 Å². The minimum absolute atomic E-state index is 0.0175. The molecule has 0 saturated heterocycles. The summed E-state index contributed by atoms with van der Waals surface area (Å²) in [4.78, 5) is 12.8. The van der Waals surface area contributed by atoms with Crippen molar-refractivity contribution in [2.75, 3.05) is 6.54 Å². The third-order valence-electron chi connectivity index (χ3n) is 8.21. The van der Waals surface area contributed by atoms with E-state index in [0.717, 1.165) is 48.8 Å². The van der Waals surface area contributed by atoms with Gasteiger partial charge in [-0.15, -0.1) is 0 Å². The van der Waals surface area contributed by atoms with Gasteiger partial charge in [0, 0.05) is 12.1 Å². The number of carbonyl (C=O) groups is 1. The fourth-order valence-corrected chi connectivity index (χ4v) is 6.42. The van der Waals surface area contributed by atoms with Crippen LogP contribution >= 0.6 is 0 Å². The Kier molecular flexibility index (Phi) is 5.66. The number of phenols is 1. The van der Waals surface area contributed by atoms with E-state index in [0.29, 0.717) is 24.1 Å². The number of amides is 1. The molecule has 0 spiro atoms. The summed E-state index contributed by atoms with van der Waals surface area (Å²) >= 11 is 0. The number of nitrogens with one attached hydrogen (secondary N) is 1. The predicted molar refractivity (Wildman–Crippen MR) is 127 cm³/mol. The number of fused-ring (bicyclic) bond motifs is 3. The van der Waals surface area contributed by atoms with E-state index in [1.165, 1.54) is 11.1 Å². The van der Waals surface area contributed by atoms with Crippen LogP contribution in [0.4, 0.5) is 0 Å². The normalized spacial score (nSPS) is 27.5. The maximum atomic E-state index is 12.8. The summed E-state index contributed by atoms with van der Waals surface area (Å²) in [5.41, 5.74) is 5.79. The number of hydrogen-bond acceptors (Lipinski definition) is 2. The van der Waals surface area contributed by atoms with Crippen LogP contribution in [-0.4, -0.2) is 17.6 Å². The average molecular weight is 420 g/mol. The molecule has 4 rings (SSSR count). The number of benzene rings is 2. The maximum Gasteiger partial charge on any atom is 0.251 e. The molecule has 3 nitrogen and oxygen atoms in total. The van der Waals surface area contributed by atoms with Gasteiger partial charge in [0.2, 0.25) is 0 Å². The zero-order chi connectivity index (χ0) is 22.4. The second kappa shape index (κ2) is 8.00. The van der Waals surface area contributed by atoms with Gasteiger partial charge in [-0.2, -0.15) is 0 Å². The Bertz CT molecular complexity index is 977. The van der Waals surface area contributed by atoms with E-state index in [1.807, 2.05) is 31.2 Å². The predicted octanol–water partition coefficient (Wildman–Crippen LogP) is 6.26. The molecule has 3 atom stereocenters. The summed E-state index contributed by atoms with van der Waals surface area (Å²) < 4.78 is 0. The number of carbonyl (C=O) groups excluding carboxylic acids is 1. The van der Waals surface area contributed by atoms with Gasteiger partial charge in [0.1, 0.15) is 5.75 Å². The topological polar surface area (TPSA) is 49.3 Å². The lowest BCUT2D eigenvalue weighted by Crippen LogP contribution is -2.53. The zero-order valence-corrected chi connectivity index (χ0v) is 19.7. The second-order valence-electron chi connectivity index (χ2n) is 10.8.